The first kappa shape index (κ1) is 21.0. The summed E-state index contributed by atoms with van der Waals surface area (Å²) in [7, 11) is 0. The minimum Gasteiger partial charge on any atom is -0.339 e. The lowest BCUT2D eigenvalue weighted by atomic mass is 10.0. The van der Waals surface area contributed by atoms with Gasteiger partial charge in [-0.2, -0.15) is 22.8 Å². The van der Waals surface area contributed by atoms with Crippen LogP contribution in [0.4, 0.5) is 13.2 Å². The standard InChI is InChI=1S/C24H14ClF3N4O/c25-18-9-7-16(8-10-18)21-22(24(26,27)28)31-32-20(33)12-19(30-23(21)32)15-5-3-14(4-6-15)17-2-1-11-29-13-17/h1-13,30H. The molecule has 0 aliphatic rings. The van der Waals surface area contributed by atoms with E-state index in [1.807, 2.05) is 24.3 Å². The fraction of sp³-hybridized carbons (Fsp3) is 0.0417. The molecule has 0 saturated heterocycles. The third-order valence-corrected chi connectivity index (χ3v) is 5.46. The Balaban J connectivity index is 1.69. The number of pyridine rings is 1. The van der Waals surface area contributed by atoms with Crippen LogP contribution >= 0.6 is 11.6 Å². The molecule has 0 amide bonds. The van der Waals surface area contributed by atoms with Crippen LogP contribution in [-0.4, -0.2) is 19.6 Å². The highest BCUT2D eigenvalue weighted by Crippen LogP contribution is 2.38. The fourth-order valence-electron chi connectivity index (χ4n) is 3.66. The molecule has 0 saturated carbocycles. The van der Waals surface area contributed by atoms with Crippen LogP contribution in [0.25, 0.3) is 39.2 Å². The lowest BCUT2D eigenvalue weighted by Gasteiger charge is -2.08. The maximum absolute atomic E-state index is 13.8. The van der Waals surface area contributed by atoms with Crippen LogP contribution < -0.4 is 5.56 Å². The minimum atomic E-state index is -4.76. The molecule has 0 unspecified atom stereocenters. The molecule has 0 aliphatic carbocycles. The van der Waals surface area contributed by atoms with Gasteiger partial charge < -0.3 is 4.98 Å². The van der Waals surface area contributed by atoms with E-state index in [1.54, 1.807) is 24.5 Å². The summed E-state index contributed by atoms with van der Waals surface area (Å²) >= 11 is 5.90. The van der Waals surface area contributed by atoms with Crippen LogP contribution in [-0.2, 0) is 6.18 Å². The second-order valence-corrected chi connectivity index (χ2v) is 7.77. The number of hydrogen-bond donors (Lipinski definition) is 1. The highest BCUT2D eigenvalue weighted by molar-refractivity contribution is 6.30. The summed E-state index contributed by atoms with van der Waals surface area (Å²) in [5.41, 5.74) is 0.982. The van der Waals surface area contributed by atoms with Crippen LogP contribution in [0.2, 0.25) is 5.02 Å². The van der Waals surface area contributed by atoms with Gasteiger partial charge in [-0.3, -0.25) is 9.78 Å². The maximum Gasteiger partial charge on any atom is 0.435 e. The fourth-order valence-corrected chi connectivity index (χ4v) is 3.79. The van der Waals surface area contributed by atoms with Crippen LogP contribution in [0.1, 0.15) is 5.69 Å². The smallest absolute Gasteiger partial charge is 0.339 e. The number of aromatic nitrogens is 4. The number of H-pyrrole nitrogens is 1. The van der Waals surface area contributed by atoms with E-state index in [2.05, 4.69) is 15.1 Å². The van der Waals surface area contributed by atoms with Gasteiger partial charge in [0.25, 0.3) is 5.56 Å². The van der Waals surface area contributed by atoms with Gasteiger partial charge in [-0.05, 0) is 40.5 Å². The molecule has 0 aliphatic heterocycles. The van der Waals surface area contributed by atoms with Gasteiger partial charge in [0.2, 0.25) is 0 Å². The molecule has 164 valence electrons. The summed E-state index contributed by atoms with van der Waals surface area (Å²) in [6, 6.07) is 18.1. The molecule has 5 rings (SSSR count). The first-order chi connectivity index (χ1) is 15.8. The number of nitrogens with zero attached hydrogens (tertiary/aromatic N) is 3. The zero-order valence-corrected chi connectivity index (χ0v) is 17.5. The third-order valence-electron chi connectivity index (χ3n) is 5.21. The predicted octanol–water partition coefficient (Wildman–Crippen LogP) is 6.09. The van der Waals surface area contributed by atoms with Gasteiger partial charge in [0, 0.05) is 23.5 Å². The van der Waals surface area contributed by atoms with Crippen LogP contribution in [0.5, 0.6) is 0 Å². The first-order valence-electron chi connectivity index (χ1n) is 9.81. The van der Waals surface area contributed by atoms with Crippen molar-refractivity contribution in [1.82, 2.24) is 19.6 Å². The average molecular weight is 467 g/mol. The highest BCUT2D eigenvalue weighted by atomic mass is 35.5. The molecular weight excluding hydrogens is 453 g/mol. The van der Waals surface area contributed by atoms with Crippen molar-refractivity contribution in [3.63, 3.8) is 0 Å². The van der Waals surface area contributed by atoms with Crippen molar-refractivity contribution in [2.24, 2.45) is 0 Å². The summed E-state index contributed by atoms with van der Waals surface area (Å²) in [5.74, 6) is 0. The summed E-state index contributed by atoms with van der Waals surface area (Å²) in [5, 5.41) is 3.96. The van der Waals surface area contributed by atoms with Crippen molar-refractivity contribution in [3.8, 4) is 33.5 Å². The van der Waals surface area contributed by atoms with E-state index < -0.39 is 17.4 Å². The molecule has 0 radical (unpaired) electrons. The topological polar surface area (TPSA) is 63.0 Å². The predicted molar refractivity (Wildman–Crippen MR) is 120 cm³/mol. The van der Waals surface area contributed by atoms with Crippen molar-refractivity contribution in [2.45, 2.75) is 6.18 Å². The van der Waals surface area contributed by atoms with E-state index in [0.29, 0.717) is 16.3 Å². The monoisotopic (exact) mass is 466 g/mol. The molecule has 1 N–H and O–H groups in total. The quantitative estimate of drug-likeness (QED) is 0.350. The maximum atomic E-state index is 13.8. The van der Waals surface area contributed by atoms with E-state index in [4.69, 9.17) is 11.6 Å². The average Bonchev–Trinajstić information content (AvgIpc) is 3.21. The lowest BCUT2D eigenvalue weighted by molar-refractivity contribution is -0.140. The third kappa shape index (κ3) is 3.89. The SMILES string of the molecule is O=c1cc(-c2ccc(-c3cccnc3)cc2)[nH]c2c(-c3ccc(Cl)cc3)c(C(F)(F)F)nn12. The molecule has 0 atom stereocenters. The van der Waals surface area contributed by atoms with Crippen molar-refractivity contribution >= 4 is 17.2 Å². The molecule has 33 heavy (non-hydrogen) atoms. The summed E-state index contributed by atoms with van der Waals surface area (Å²) in [6.45, 7) is 0. The molecule has 3 aromatic heterocycles. The van der Waals surface area contributed by atoms with Gasteiger partial charge in [0.1, 0.15) is 5.65 Å². The van der Waals surface area contributed by atoms with Gasteiger partial charge >= 0.3 is 6.18 Å². The zero-order valence-electron chi connectivity index (χ0n) is 16.8. The summed E-state index contributed by atoms with van der Waals surface area (Å²) < 4.78 is 42.1. The Morgan fingerprint density at radius 1 is 0.879 bits per heavy atom. The van der Waals surface area contributed by atoms with E-state index in [0.717, 1.165) is 15.6 Å². The lowest BCUT2D eigenvalue weighted by Crippen LogP contribution is -2.15. The number of fused-ring (bicyclic) bond motifs is 1. The van der Waals surface area contributed by atoms with Crippen LogP contribution in [0.3, 0.4) is 0 Å². The molecule has 5 nitrogen and oxygen atoms in total. The number of benzene rings is 2. The van der Waals surface area contributed by atoms with Crippen molar-refractivity contribution in [1.29, 1.82) is 0 Å². The summed E-state index contributed by atoms with van der Waals surface area (Å²) in [6.07, 6.45) is -1.35. The Labute approximate surface area is 190 Å². The van der Waals surface area contributed by atoms with Gasteiger partial charge in [-0.1, -0.05) is 54.1 Å². The molecule has 0 fully saturated rings. The number of hydrogen-bond acceptors (Lipinski definition) is 3. The van der Waals surface area contributed by atoms with E-state index in [-0.39, 0.29) is 16.8 Å². The number of nitrogens with one attached hydrogen (secondary N) is 1. The van der Waals surface area contributed by atoms with Crippen molar-refractivity contribution < 1.29 is 13.2 Å². The highest BCUT2D eigenvalue weighted by Gasteiger charge is 2.39. The van der Waals surface area contributed by atoms with E-state index >= 15 is 0 Å². The van der Waals surface area contributed by atoms with Gasteiger partial charge in [-0.25, -0.2) is 0 Å². The first-order valence-corrected chi connectivity index (χ1v) is 10.2. The second kappa shape index (κ2) is 7.90. The van der Waals surface area contributed by atoms with Gasteiger partial charge in [0.05, 0.1) is 11.3 Å². The van der Waals surface area contributed by atoms with Gasteiger partial charge in [-0.15, -0.1) is 0 Å². The Bertz CT molecular complexity index is 1510. The second-order valence-electron chi connectivity index (χ2n) is 7.33. The number of rotatable bonds is 3. The van der Waals surface area contributed by atoms with Crippen molar-refractivity contribution in [3.05, 3.63) is 100 Å². The van der Waals surface area contributed by atoms with E-state index in [9.17, 15) is 18.0 Å². The van der Waals surface area contributed by atoms with Crippen LogP contribution in [0, 0.1) is 0 Å². The number of halogens is 4. The molecule has 0 bridgehead atoms. The van der Waals surface area contributed by atoms with Crippen molar-refractivity contribution in [2.75, 3.05) is 0 Å². The zero-order chi connectivity index (χ0) is 23.2. The molecule has 2 aromatic carbocycles. The Kier molecular flexibility index (Phi) is 5.02. The Morgan fingerprint density at radius 2 is 1.55 bits per heavy atom. The van der Waals surface area contributed by atoms with E-state index in [1.165, 1.54) is 30.3 Å². The Hall–Kier alpha value is -3.91. The molecule has 5 aromatic rings. The molecule has 9 heteroatoms. The summed E-state index contributed by atoms with van der Waals surface area (Å²) in [4.78, 5) is 19.8. The number of aromatic amines is 1. The Morgan fingerprint density at radius 3 is 2.18 bits per heavy atom. The normalized spacial score (nSPS) is 11.8. The molecular formula is C24H14ClF3N4O. The van der Waals surface area contributed by atoms with Crippen LogP contribution in [0.15, 0.2) is 83.9 Å². The number of alkyl halides is 3. The minimum absolute atomic E-state index is 0.0523. The molecule has 0 spiro atoms. The molecule has 3 heterocycles. The van der Waals surface area contributed by atoms with Gasteiger partial charge in [0.15, 0.2) is 5.69 Å². The largest absolute Gasteiger partial charge is 0.435 e.